The molecule has 1 saturated heterocycles. The lowest BCUT2D eigenvalue weighted by molar-refractivity contribution is 0.0829. The zero-order valence-electron chi connectivity index (χ0n) is 12.7. The number of benzene rings is 1. The van der Waals surface area contributed by atoms with E-state index in [0.717, 1.165) is 36.2 Å². The highest BCUT2D eigenvalue weighted by Gasteiger charge is 2.35. The quantitative estimate of drug-likeness (QED) is 0.788. The summed E-state index contributed by atoms with van der Waals surface area (Å²) in [6, 6.07) is 5.33. The number of hydrogen-bond donors (Lipinski definition) is 1. The van der Waals surface area contributed by atoms with E-state index in [1.807, 2.05) is 6.07 Å². The van der Waals surface area contributed by atoms with Gasteiger partial charge < -0.3 is 5.32 Å². The lowest BCUT2D eigenvalue weighted by Crippen LogP contribution is -2.48. The molecule has 6 heteroatoms. The molecule has 1 fully saturated rings. The minimum Gasteiger partial charge on any atom is -0.314 e. The van der Waals surface area contributed by atoms with Crippen molar-refractivity contribution in [2.45, 2.75) is 26.8 Å². The minimum absolute atomic E-state index is 0. The molecule has 0 aromatic heterocycles. The molecule has 122 valence electrons. The van der Waals surface area contributed by atoms with Crippen molar-refractivity contribution < 1.29 is 4.39 Å². The lowest BCUT2D eigenvalue weighted by Gasteiger charge is -2.43. The fraction of sp³-hybridized carbons (Fsp3) is 0.600. The summed E-state index contributed by atoms with van der Waals surface area (Å²) in [7, 11) is 0. The van der Waals surface area contributed by atoms with E-state index in [1.165, 1.54) is 0 Å². The second-order valence-corrected chi connectivity index (χ2v) is 7.04. The van der Waals surface area contributed by atoms with Gasteiger partial charge in [-0.1, -0.05) is 42.8 Å². The van der Waals surface area contributed by atoms with Gasteiger partial charge in [0.15, 0.2) is 0 Å². The first-order valence-corrected chi connectivity index (χ1v) is 7.59. The Balaban J connectivity index is 0.00000200. The van der Waals surface area contributed by atoms with Gasteiger partial charge in [-0.25, -0.2) is 4.39 Å². The molecular formula is C15H24BrCl2FN2. The standard InChI is InChI=1S/C15H22BrFN2.2ClH/c1-15(2,3)14(19-9-7-18-8-10-19)13-11(16)5-4-6-12(13)17;;/h4-6,14,18H,7-10H2,1-3H3;2*1H/t14-;;/m0../s1. The van der Waals surface area contributed by atoms with Gasteiger partial charge in [0.05, 0.1) is 0 Å². The summed E-state index contributed by atoms with van der Waals surface area (Å²) in [4.78, 5) is 2.39. The molecule has 0 unspecified atom stereocenters. The van der Waals surface area contributed by atoms with Gasteiger partial charge in [-0.2, -0.15) is 0 Å². The molecule has 0 saturated carbocycles. The molecule has 2 nitrogen and oxygen atoms in total. The summed E-state index contributed by atoms with van der Waals surface area (Å²) in [6.07, 6.45) is 0. The van der Waals surface area contributed by atoms with E-state index in [9.17, 15) is 4.39 Å². The second-order valence-electron chi connectivity index (χ2n) is 6.19. The Morgan fingerprint density at radius 2 is 1.76 bits per heavy atom. The topological polar surface area (TPSA) is 15.3 Å². The van der Waals surface area contributed by atoms with Crippen LogP contribution < -0.4 is 5.32 Å². The van der Waals surface area contributed by atoms with Crippen LogP contribution in [0.1, 0.15) is 32.4 Å². The molecule has 0 radical (unpaired) electrons. The molecule has 1 aromatic carbocycles. The highest BCUT2D eigenvalue weighted by atomic mass is 79.9. The third-order valence-electron chi connectivity index (χ3n) is 3.61. The summed E-state index contributed by atoms with van der Waals surface area (Å²) in [6.45, 7) is 10.4. The first-order chi connectivity index (χ1) is 8.91. The molecule has 1 atom stereocenters. The number of nitrogens with one attached hydrogen (secondary N) is 1. The zero-order chi connectivity index (χ0) is 14.0. The fourth-order valence-electron chi connectivity index (χ4n) is 2.88. The van der Waals surface area contributed by atoms with E-state index in [-0.39, 0.29) is 42.1 Å². The average Bonchev–Trinajstić information content (AvgIpc) is 2.33. The molecule has 1 N–H and O–H groups in total. The highest BCUT2D eigenvalue weighted by molar-refractivity contribution is 9.10. The average molecular weight is 402 g/mol. The van der Waals surface area contributed by atoms with Crippen LogP contribution in [0.5, 0.6) is 0 Å². The maximum Gasteiger partial charge on any atom is 0.129 e. The molecule has 0 bridgehead atoms. The van der Waals surface area contributed by atoms with Gasteiger partial charge in [-0.05, 0) is 17.5 Å². The number of rotatable bonds is 2. The predicted molar refractivity (Wildman–Crippen MR) is 95.2 cm³/mol. The summed E-state index contributed by atoms with van der Waals surface area (Å²) in [5, 5.41) is 3.35. The SMILES string of the molecule is CC(C)(C)[C@H](c1c(F)cccc1Br)N1CCNCC1.Cl.Cl. The second kappa shape index (κ2) is 8.68. The first kappa shape index (κ1) is 21.1. The van der Waals surface area contributed by atoms with Crippen LogP contribution in [0.4, 0.5) is 4.39 Å². The predicted octanol–water partition coefficient (Wildman–Crippen LogP) is 4.42. The fourth-order valence-corrected chi connectivity index (χ4v) is 3.43. The van der Waals surface area contributed by atoms with E-state index < -0.39 is 0 Å². The molecule has 2 rings (SSSR count). The van der Waals surface area contributed by atoms with Crippen LogP contribution in [-0.2, 0) is 0 Å². The first-order valence-electron chi connectivity index (χ1n) is 6.80. The molecule has 1 aromatic rings. The van der Waals surface area contributed by atoms with Gasteiger partial charge in [-0.3, -0.25) is 4.90 Å². The molecular weight excluding hydrogens is 378 g/mol. The van der Waals surface area contributed by atoms with Crippen molar-refractivity contribution in [3.05, 3.63) is 34.1 Å². The van der Waals surface area contributed by atoms with Crippen LogP contribution in [0.3, 0.4) is 0 Å². The third-order valence-corrected chi connectivity index (χ3v) is 4.30. The van der Waals surface area contributed by atoms with Crippen molar-refractivity contribution in [2.24, 2.45) is 5.41 Å². The Hall–Kier alpha value is 0.130. The number of halogens is 4. The molecule has 21 heavy (non-hydrogen) atoms. The van der Waals surface area contributed by atoms with Crippen LogP contribution in [0.15, 0.2) is 22.7 Å². The van der Waals surface area contributed by atoms with Crippen LogP contribution in [-0.4, -0.2) is 31.1 Å². The van der Waals surface area contributed by atoms with E-state index in [1.54, 1.807) is 12.1 Å². The third kappa shape index (κ3) is 5.07. The van der Waals surface area contributed by atoms with Gasteiger partial charge in [0, 0.05) is 42.3 Å². The summed E-state index contributed by atoms with van der Waals surface area (Å²) >= 11 is 3.52. The van der Waals surface area contributed by atoms with Gasteiger partial charge >= 0.3 is 0 Å². The van der Waals surface area contributed by atoms with Gasteiger partial charge in [0.2, 0.25) is 0 Å². The minimum atomic E-state index is -0.118. The molecule has 0 aliphatic carbocycles. The number of hydrogen-bond acceptors (Lipinski definition) is 2. The smallest absolute Gasteiger partial charge is 0.129 e. The maximum absolute atomic E-state index is 14.3. The summed E-state index contributed by atoms with van der Waals surface area (Å²) in [5.41, 5.74) is 0.777. The van der Waals surface area contributed by atoms with E-state index in [0.29, 0.717) is 0 Å². The molecule has 1 aliphatic rings. The van der Waals surface area contributed by atoms with Crippen LogP contribution in [0, 0.1) is 11.2 Å². The number of nitrogens with zero attached hydrogens (tertiary/aromatic N) is 1. The Labute approximate surface area is 147 Å². The van der Waals surface area contributed by atoms with Gasteiger partial charge in [0.25, 0.3) is 0 Å². The molecule has 1 heterocycles. The highest BCUT2D eigenvalue weighted by Crippen LogP contribution is 2.42. The molecule has 0 amide bonds. The Morgan fingerprint density at radius 1 is 1.19 bits per heavy atom. The maximum atomic E-state index is 14.3. The van der Waals surface area contributed by atoms with E-state index in [2.05, 4.69) is 46.9 Å². The van der Waals surface area contributed by atoms with Crippen molar-refractivity contribution in [1.82, 2.24) is 10.2 Å². The number of piperazine rings is 1. The van der Waals surface area contributed by atoms with Crippen molar-refractivity contribution in [1.29, 1.82) is 0 Å². The van der Waals surface area contributed by atoms with Gasteiger partial charge in [-0.15, -0.1) is 24.8 Å². The van der Waals surface area contributed by atoms with Gasteiger partial charge in [0.1, 0.15) is 5.82 Å². The summed E-state index contributed by atoms with van der Waals surface area (Å²) in [5.74, 6) is -0.118. The van der Waals surface area contributed by atoms with Crippen LogP contribution in [0.25, 0.3) is 0 Å². The normalized spacial score (nSPS) is 17.6. The Kier molecular flexibility index (Phi) is 8.74. The van der Waals surface area contributed by atoms with E-state index in [4.69, 9.17) is 0 Å². The van der Waals surface area contributed by atoms with Crippen molar-refractivity contribution >= 4 is 40.7 Å². The Morgan fingerprint density at radius 3 is 2.24 bits per heavy atom. The monoisotopic (exact) mass is 400 g/mol. The van der Waals surface area contributed by atoms with Crippen LogP contribution >= 0.6 is 40.7 Å². The Bertz CT molecular complexity index is 426. The van der Waals surface area contributed by atoms with E-state index >= 15 is 0 Å². The zero-order valence-corrected chi connectivity index (χ0v) is 15.9. The molecule has 1 aliphatic heterocycles. The van der Waals surface area contributed by atoms with Crippen LogP contribution in [0.2, 0.25) is 0 Å². The summed E-state index contributed by atoms with van der Waals surface area (Å²) < 4.78 is 15.2. The van der Waals surface area contributed by atoms with Crippen molar-refractivity contribution in [3.8, 4) is 0 Å². The van der Waals surface area contributed by atoms with Crippen molar-refractivity contribution in [2.75, 3.05) is 26.2 Å². The largest absolute Gasteiger partial charge is 0.314 e. The lowest BCUT2D eigenvalue weighted by atomic mass is 9.80. The van der Waals surface area contributed by atoms with Crippen molar-refractivity contribution in [3.63, 3.8) is 0 Å². The molecule has 0 spiro atoms.